The quantitative estimate of drug-likeness (QED) is 0.229. The van der Waals surface area contributed by atoms with Crippen LogP contribution < -0.4 is 0 Å². The first kappa shape index (κ1) is 25.4. The topological polar surface area (TPSA) is 108 Å². The molecule has 0 spiro atoms. The number of morpholine rings is 1. The third kappa shape index (κ3) is 5.21. The molecule has 1 fully saturated rings. The van der Waals surface area contributed by atoms with Crippen LogP contribution in [0.1, 0.15) is 16.1 Å². The molecule has 6 rings (SSSR count). The maximum absolute atomic E-state index is 13.7. The Morgan fingerprint density at radius 3 is 2.55 bits per heavy atom. The molecule has 40 heavy (non-hydrogen) atoms. The van der Waals surface area contributed by atoms with E-state index in [9.17, 15) is 18.4 Å². The molecule has 202 valence electrons. The fraction of sp³-hybridized carbons (Fsp3) is 0.214. The molecule has 0 N–H and O–H groups in total. The van der Waals surface area contributed by atoms with Gasteiger partial charge in [-0.2, -0.15) is 9.49 Å². The number of ether oxygens (including phenoxy) is 1. The predicted molar refractivity (Wildman–Crippen MR) is 139 cm³/mol. The summed E-state index contributed by atoms with van der Waals surface area (Å²) in [6.45, 7) is 2.04. The van der Waals surface area contributed by atoms with E-state index in [2.05, 4.69) is 15.0 Å². The van der Waals surface area contributed by atoms with E-state index in [1.54, 1.807) is 50.8 Å². The number of carbonyl (C=O) groups is 2. The number of Topliss-reactive ketones (excluding diaryl/α,β-unsaturated/α-hetero) is 1. The average Bonchev–Trinajstić information content (AvgIpc) is 3.57. The second-order valence-electron chi connectivity index (χ2n) is 9.29. The molecule has 1 amide bonds. The second-order valence-corrected chi connectivity index (χ2v) is 9.29. The number of rotatable bonds is 7. The maximum atomic E-state index is 13.7. The van der Waals surface area contributed by atoms with Gasteiger partial charge in [0.25, 0.3) is 0 Å². The van der Waals surface area contributed by atoms with Crippen LogP contribution in [-0.2, 0) is 22.5 Å². The Labute approximate surface area is 226 Å². The number of fused-ring (bicyclic) bond motifs is 1. The SMILES string of the molecule is O=C(Cc1cn2nc(-c3c(-c4ccc(F)cc4)ncn3CC(=O)N3CCOCC3)ccc2n1)c1ccnc(F)c1. The Balaban J connectivity index is 1.35. The minimum atomic E-state index is -0.729. The summed E-state index contributed by atoms with van der Waals surface area (Å²) < 4.78 is 35.7. The van der Waals surface area contributed by atoms with Crippen LogP contribution in [0.25, 0.3) is 28.3 Å². The zero-order valence-corrected chi connectivity index (χ0v) is 21.2. The van der Waals surface area contributed by atoms with Crippen molar-refractivity contribution in [3.8, 4) is 22.6 Å². The van der Waals surface area contributed by atoms with E-state index in [0.717, 1.165) is 6.07 Å². The zero-order chi connectivity index (χ0) is 27.6. The zero-order valence-electron chi connectivity index (χ0n) is 21.2. The molecule has 1 aromatic carbocycles. The lowest BCUT2D eigenvalue weighted by Gasteiger charge is -2.27. The number of hydrogen-bond donors (Lipinski definition) is 0. The Kier molecular flexibility index (Phi) is 6.83. The van der Waals surface area contributed by atoms with Crippen molar-refractivity contribution < 1.29 is 23.1 Å². The summed E-state index contributed by atoms with van der Waals surface area (Å²) in [5.41, 5.74) is 3.46. The van der Waals surface area contributed by atoms with Gasteiger partial charge in [-0.15, -0.1) is 0 Å². The van der Waals surface area contributed by atoms with Gasteiger partial charge in [0.2, 0.25) is 11.9 Å². The van der Waals surface area contributed by atoms with Gasteiger partial charge in [0.15, 0.2) is 11.4 Å². The lowest BCUT2D eigenvalue weighted by molar-refractivity contribution is -0.135. The Morgan fingerprint density at radius 1 is 0.975 bits per heavy atom. The number of hydrogen-bond acceptors (Lipinski definition) is 7. The third-order valence-electron chi connectivity index (χ3n) is 6.63. The van der Waals surface area contributed by atoms with E-state index in [1.165, 1.54) is 24.4 Å². The fourth-order valence-corrected chi connectivity index (χ4v) is 4.63. The third-order valence-corrected chi connectivity index (χ3v) is 6.63. The largest absolute Gasteiger partial charge is 0.378 e. The number of nitrogens with zero attached hydrogens (tertiary/aromatic N) is 7. The first-order valence-electron chi connectivity index (χ1n) is 12.6. The molecule has 1 saturated heterocycles. The number of carbonyl (C=O) groups excluding carboxylic acids is 2. The number of ketones is 1. The Bertz CT molecular complexity index is 1710. The predicted octanol–water partition coefficient (Wildman–Crippen LogP) is 3.22. The molecule has 4 aromatic heterocycles. The van der Waals surface area contributed by atoms with Crippen molar-refractivity contribution in [3.05, 3.63) is 90.3 Å². The lowest BCUT2D eigenvalue weighted by Crippen LogP contribution is -2.42. The molecule has 0 saturated carbocycles. The van der Waals surface area contributed by atoms with Crippen LogP contribution in [0.2, 0.25) is 0 Å². The van der Waals surface area contributed by atoms with Crippen molar-refractivity contribution in [1.82, 2.24) is 34.0 Å². The first-order chi connectivity index (χ1) is 19.4. The molecule has 5 aromatic rings. The number of benzene rings is 1. The first-order valence-corrected chi connectivity index (χ1v) is 12.6. The highest BCUT2D eigenvalue weighted by atomic mass is 19.1. The average molecular weight is 544 g/mol. The molecule has 0 aliphatic carbocycles. The minimum Gasteiger partial charge on any atom is -0.378 e. The number of pyridine rings is 1. The van der Waals surface area contributed by atoms with Gasteiger partial charge in [0, 0.05) is 36.5 Å². The summed E-state index contributed by atoms with van der Waals surface area (Å²) in [6.07, 6.45) is 4.40. The monoisotopic (exact) mass is 543 g/mol. The highest BCUT2D eigenvalue weighted by molar-refractivity contribution is 5.97. The van der Waals surface area contributed by atoms with Crippen molar-refractivity contribution >= 4 is 17.3 Å². The highest BCUT2D eigenvalue weighted by Crippen LogP contribution is 2.31. The van der Waals surface area contributed by atoms with Crippen molar-refractivity contribution in [2.75, 3.05) is 26.3 Å². The van der Waals surface area contributed by atoms with Crippen molar-refractivity contribution in [2.45, 2.75) is 13.0 Å². The lowest BCUT2D eigenvalue weighted by atomic mass is 10.1. The van der Waals surface area contributed by atoms with Gasteiger partial charge in [-0.1, -0.05) is 0 Å². The number of halogens is 2. The minimum absolute atomic E-state index is 0.0371. The molecular weight excluding hydrogens is 520 g/mol. The normalized spacial score (nSPS) is 13.6. The van der Waals surface area contributed by atoms with Gasteiger partial charge in [-0.3, -0.25) is 9.59 Å². The smallest absolute Gasteiger partial charge is 0.242 e. The number of aromatic nitrogens is 6. The molecule has 0 radical (unpaired) electrons. The summed E-state index contributed by atoms with van der Waals surface area (Å²) in [4.78, 5) is 40.0. The summed E-state index contributed by atoms with van der Waals surface area (Å²) in [6, 6.07) is 12.0. The van der Waals surface area contributed by atoms with Crippen molar-refractivity contribution in [1.29, 1.82) is 0 Å². The van der Waals surface area contributed by atoms with Gasteiger partial charge in [-0.05, 0) is 42.5 Å². The second kappa shape index (κ2) is 10.7. The van der Waals surface area contributed by atoms with Gasteiger partial charge in [-0.25, -0.2) is 23.9 Å². The number of imidazole rings is 2. The van der Waals surface area contributed by atoms with Gasteiger partial charge in [0.1, 0.15) is 18.1 Å². The molecule has 0 unspecified atom stereocenters. The Hall–Kier alpha value is -4.84. The summed E-state index contributed by atoms with van der Waals surface area (Å²) in [7, 11) is 0. The summed E-state index contributed by atoms with van der Waals surface area (Å²) >= 11 is 0. The van der Waals surface area contributed by atoms with E-state index >= 15 is 0 Å². The van der Waals surface area contributed by atoms with E-state index in [0.29, 0.717) is 60.3 Å². The fourth-order valence-electron chi connectivity index (χ4n) is 4.63. The molecule has 0 bridgehead atoms. The molecule has 12 heteroatoms. The van der Waals surface area contributed by atoms with E-state index in [-0.39, 0.29) is 36.0 Å². The van der Waals surface area contributed by atoms with Crippen molar-refractivity contribution in [2.24, 2.45) is 0 Å². The van der Waals surface area contributed by atoms with Crippen LogP contribution in [0.3, 0.4) is 0 Å². The van der Waals surface area contributed by atoms with Crippen molar-refractivity contribution in [3.63, 3.8) is 0 Å². The van der Waals surface area contributed by atoms with Crippen LogP contribution >= 0.6 is 0 Å². The molecule has 5 heterocycles. The van der Waals surface area contributed by atoms with Gasteiger partial charge < -0.3 is 14.2 Å². The van der Waals surface area contributed by atoms with E-state index < -0.39 is 5.95 Å². The van der Waals surface area contributed by atoms with Gasteiger partial charge >= 0.3 is 0 Å². The molecule has 10 nitrogen and oxygen atoms in total. The van der Waals surface area contributed by atoms with Gasteiger partial charge in [0.05, 0.1) is 49.2 Å². The highest BCUT2D eigenvalue weighted by Gasteiger charge is 2.22. The molecule has 1 aliphatic rings. The standard InChI is InChI=1S/C28H23F2N7O3/c29-20-3-1-18(2-4-20)27-28(36(17-32-27)16-26(39)35-9-11-40-12-10-35)22-5-6-25-33-21(15-37(25)34-22)14-23(38)19-7-8-31-24(30)13-19/h1-8,13,15,17H,9-12,14,16H2. The molecular formula is C28H23F2N7O3. The summed E-state index contributed by atoms with van der Waals surface area (Å²) in [5, 5.41) is 4.71. The summed E-state index contributed by atoms with van der Waals surface area (Å²) in [5.74, 6) is -1.48. The van der Waals surface area contributed by atoms with Crippen LogP contribution in [0.4, 0.5) is 8.78 Å². The van der Waals surface area contributed by atoms with Crippen LogP contribution in [0, 0.1) is 11.8 Å². The van der Waals surface area contributed by atoms with Crippen LogP contribution in [0.5, 0.6) is 0 Å². The van der Waals surface area contributed by atoms with Crippen LogP contribution in [0.15, 0.2) is 67.3 Å². The Morgan fingerprint density at radius 2 is 1.77 bits per heavy atom. The van der Waals surface area contributed by atoms with E-state index in [1.807, 2.05) is 0 Å². The maximum Gasteiger partial charge on any atom is 0.242 e. The molecule has 0 atom stereocenters. The van der Waals surface area contributed by atoms with E-state index in [4.69, 9.17) is 9.84 Å². The number of amides is 1. The molecule has 1 aliphatic heterocycles. The van der Waals surface area contributed by atoms with Crippen LogP contribution in [-0.4, -0.2) is 72.0 Å².